The molecule has 0 bridgehead atoms. The van der Waals surface area contributed by atoms with E-state index in [-0.39, 0.29) is 6.61 Å². The maximum atomic E-state index is 11.0. The van der Waals surface area contributed by atoms with Gasteiger partial charge in [-0.1, -0.05) is 0 Å². The molecular formula is C5H12FNO2. The Morgan fingerprint density at radius 3 is 2.56 bits per heavy atom. The first kappa shape index (κ1) is 8.81. The highest BCUT2D eigenvalue weighted by Crippen LogP contribution is 1.87. The quantitative estimate of drug-likeness (QED) is 0.583. The molecule has 1 N–H and O–H groups in total. The van der Waals surface area contributed by atoms with Crippen LogP contribution in [0.3, 0.4) is 0 Å². The van der Waals surface area contributed by atoms with Crippen molar-refractivity contribution in [3.05, 3.63) is 0 Å². The lowest BCUT2D eigenvalue weighted by atomic mass is 10.4. The molecule has 3 nitrogen and oxygen atoms in total. The smallest absolute Gasteiger partial charge is 0.115 e. The van der Waals surface area contributed by atoms with E-state index < -0.39 is 6.10 Å². The number of likely N-dealkylation sites (N-methyl/N-ethyl adjacent to an activating group) is 1. The number of nitrogens with zero attached hydrogens (tertiary/aromatic N) is 1. The lowest BCUT2D eigenvalue weighted by Gasteiger charge is -2.12. The van der Waals surface area contributed by atoms with Gasteiger partial charge in [-0.25, -0.2) is 0 Å². The van der Waals surface area contributed by atoms with Crippen LogP contribution in [0.25, 0.3) is 0 Å². The Bertz CT molecular complexity index is 70.0. The fourth-order valence-electron chi connectivity index (χ4n) is 0.547. The lowest BCUT2D eigenvalue weighted by Crippen LogP contribution is -2.28. The number of aliphatic hydroxyl groups excluding tert-OH is 1. The summed E-state index contributed by atoms with van der Waals surface area (Å²) in [6.45, 7) is 0.169. The average molecular weight is 137 g/mol. The first-order chi connectivity index (χ1) is 4.16. The van der Waals surface area contributed by atoms with Gasteiger partial charge in [-0.2, -0.15) is 4.94 Å². The van der Waals surface area contributed by atoms with Crippen molar-refractivity contribution >= 4 is 0 Å². The van der Waals surface area contributed by atoms with Crippen LogP contribution < -0.4 is 0 Å². The zero-order valence-electron chi connectivity index (χ0n) is 5.67. The molecular weight excluding hydrogens is 125 g/mol. The van der Waals surface area contributed by atoms with Crippen molar-refractivity contribution in [2.75, 3.05) is 27.2 Å². The number of rotatable bonds is 4. The third kappa shape index (κ3) is 5.68. The van der Waals surface area contributed by atoms with E-state index in [1.54, 1.807) is 19.0 Å². The first-order valence-corrected chi connectivity index (χ1v) is 2.73. The Labute approximate surface area is 53.9 Å². The molecule has 0 saturated heterocycles. The van der Waals surface area contributed by atoms with Crippen LogP contribution >= 0.6 is 0 Å². The topological polar surface area (TPSA) is 32.7 Å². The standard InChI is InChI=1S/C5H12FNO2/c1-7(2)3-5(8)4-9-6/h5,8H,3-4H2,1-2H3. The summed E-state index contributed by atoms with van der Waals surface area (Å²) in [7, 11) is 3.59. The molecule has 0 saturated carbocycles. The molecule has 0 rings (SSSR count). The number of halogens is 1. The molecule has 56 valence electrons. The summed E-state index contributed by atoms with van der Waals surface area (Å²) in [5.41, 5.74) is 0. The van der Waals surface area contributed by atoms with Crippen LogP contribution in [-0.4, -0.2) is 43.4 Å². The van der Waals surface area contributed by atoms with Crippen LogP contribution in [0.15, 0.2) is 0 Å². The second-order valence-electron chi connectivity index (χ2n) is 2.19. The second-order valence-corrected chi connectivity index (χ2v) is 2.19. The highest BCUT2D eigenvalue weighted by molar-refractivity contribution is 4.55. The summed E-state index contributed by atoms with van der Waals surface area (Å²) in [6, 6.07) is 0. The molecule has 0 radical (unpaired) electrons. The van der Waals surface area contributed by atoms with Crippen LogP contribution in [0.2, 0.25) is 0 Å². The predicted octanol–water partition coefficient (Wildman–Crippen LogP) is -0.190. The van der Waals surface area contributed by atoms with E-state index in [9.17, 15) is 4.53 Å². The molecule has 0 aliphatic rings. The molecule has 0 heterocycles. The van der Waals surface area contributed by atoms with Gasteiger partial charge in [-0.3, -0.25) is 0 Å². The minimum absolute atomic E-state index is 0.252. The monoisotopic (exact) mass is 137 g/mol. The van der Waals surface area contributed by atoms with Gasteiger partial charge in [-0.15, -0.1) is 0 Å². The van der Waals surface area contributed by atoms with Crippen LogP contribution in [-0.2, 0) is 4.94 Å². The molecule has 1 atom stereocenters. The van der Waals surface area contributed by atoms with Crippen molar-refractivity contribution in [2.45, 2.75) is 6.10 Å². The van der Waals surface area contributed by atoms with Crippen LogP contribution in [0.5, 0.6) is 0 Å². The zero-order chi connectivity index (χ0) is 7.28. The molecule has 0 aromatic heterocycles. The molecule has 0 aromatic rings. The fraction of sp³-hybridized carbons (Fsp3) is 1.00. The maximum Gasteiger partial charge on any atom is 0.115 e. The van der Waals surface area contributed by atoms with Crippen LogP contribution in [0.1, 0.15) is 0 Å². The van der Waals surface area contributed by atoms with Gasteiger partial charge in [0.15, 0.2) is 0 Å². The summed E-state index contributed by atoms with van der Waals surface area (Å²) in [5.74, 6) is 0. The predicted molar refractivity (Wildman–Crippen MR) is 31.6 cm³/mol. The van der Waals surface area contributed by atoms with Gasteiger partial charge in [0.2, 0.25) is 0 Å². The molecule has 0 fully saturated rings. The SMILES string of the molecule is CN(C)CC(O)COF. The van der Waals surface area contributed by atoms with E-state index in [4.69, 9.17) is 5.11 Å². The third-order valence-electron chi connectivity index (χ3n) is 0.831. The van der Waals surface area contributed by atoms with E-state index in [0.717, 1.165) is 0 Å². The van der Waals surface area contributed by atoms with Gasteiger partial charge in [-0.05, 0) is 18.6 Å². The van der Waals surface area contributed by atoms with Crippen molar-refractivity contribution in [1.29, 1.82) is 0 Å². The minimum atomic E-state index is -0.731. The molecule has 4 heteroatoms. The van der Waals surface area contributed by atoms with Gasteiger partial charge >= 0.3 is 0 Å². The van der Waals surface area contributed by atoms with Gasteiger partial charge < -0.3 is 10.0 Å². The van der Waals surface area contributed by atoms with E-state index in [0.29, 0.717) is 6.54 Å². The van der Waals surface area contributed by atoms with Crippen molar-refractivity contribution in [3.8, 4) is 0 Å². The summed E-state index contributed by atoms with van der Waals surface area (Å²) < 4.78 is 11.0. The Balaban J connectivity index is 3.15. The molecule has 0 aromatic carbocycles. The Hall–Kier alpha value is -0.190. The van der Waals surface area contributed by atoms with Crippen molar-refractivity contribution in [2.24, 2.45) is 0 Å². The van der Waals surface area contributed by atoms with Crippen molar-refractivity contribution < 1.29 is 14.6 Å². The molecule has 0 aliphatic heterocycles. The summed E-state index contributed by atoms with van der Waals surface area (Å²) in [5, 5.41) is 8.81. The molecule has 1 unspecified atom stereocenters. The Morgan fingerprint density at radius 1 is 1.67 bits per heavy atom. The molecule has 0 aliphatic carbocycles. The Morgan fingerprint density at radius 2 is 2.22 bits per heavy atom. The maximum absolute atomic E-state index is 11.0. The Kier molecular flexibility index (Phi) is 4.57. The van der Waals surface area contributed by atoms with Gasteiger partial charge in [0, 0.05) is 6.54 Å². The molecule has 9 heavy (non-hydrogen) atoms. The van der Waals surface area contributed by atoms with Crippen molar-refractivity contribution in [3.63, 3.8) is 0 Å². The van der Waals surface area contributed by atoms with Crippen LogP contribution in [0, 0.1) is 0 Å². The number of aliphatic hydroxyl groups is 1. The van der Waals surface area contributed by atoms with Gasteiger partial charge in [0.1, 0.15) is 6.61 Å². The van der Waals surface area contributed by atoms with Gasteiger partial charge in [0.05, 0.1) is 6.10 Å². The second kappa shape index (κ2) is 4.67. The first-order valence-electron chi connectivity index (χ1n) is 2.73. The highest BCUT2D eigenvalue weighted by Gasteiger charge is 2.04. The molecule has 0 spiro atoms. The van der Waals surface area contributed by atoms with Gasteiger partial charge in [0.25, 0.3) is 0 Å². The van der Waals surface area contributed by atoms with E-state index >= 15 is 0 Å². The van der Waals surface area contributed by atoms with E-state index in [1.165, 1.54) is 0 Å². The zero-order valence-corrected chi connectivity index (χ0v) is 5.67. The average Bonchev–Trinajstić information content (AvgIpc) is 1.63. The number of hydrogen-bond donors (Lipinski definition) is 1. The summed E-state index contributed by atoms with van der Waals surface area (Å²) in [4.78, 5) is 4.98. The largest absolute Gasteiger partial charge is 0.389 e. The van der Waals surface area contributed by atoms with E-state index in [1.807, 2.05) is 0 Å². The van der Waals surface area contributed by atoms with E-state index in [2.05, 4.69) is 4.94 Å². The summed E-state index contributed by atoms with van der Waals surface area (Å²) in [6.07, 6.45) is -0.731. The highest BCUT2D eigenvalue weighted by atomic mass is 19.3. The normalized spacial score (nSPS) is 14.3. The molecule has 0 amide bonds. The van der Waals surface area contributed by atoms with Crippen LogP contribution in [0.4, 0.5) is 4.53 Å². The lowest BCUT2D eigenvalue weighted by molar-refractivity contribution is -0.158. The number of hydrogen-bond acceptors (Lipinski definition) is 3. The minimum Gasteiger partial charge on any atom is -0.389 e. The van der Waals surface area contributed by atoms with Crippen molar-refractivity contribution in [1.82, 2.24) is 4.90 Å². The fourth-order valence-corrected chi connectivity index (χ4v) is 0.547. The third-order valence-corrected chi connectivity index (χ3v) is 0.831. The summed E-state index contributed by atoms with van der Waals surface area (Å²) >= 11 is 0.